The molecule has 6 rings (SSSR count). The van der Waals surface area contributed by atoms with Crippen molar-refractivity contribution >= 4 is 5.91 Å². The van der Waals surface area contributed by atoms with E-state index in [1.54, 1.807) is 0 Å². The predicted molar refractivity (Wildman–Crippen MR) is 90.6 cm³/mol. The van der Waals surface area contributed by atoms with Crippen LogP contribution < -0.4 is 5.73 Å². The second-order valence-corrected chi connectivity index (χ2v) is 9.62. The molecule has 2 saturated heterocycles. The van der Waals surface area contributed by atoms with Gasteiger partial charge in [-0.1, -0.05) is 6.42 Å². The van der Waals surface area contributed by atoms with E-state index < -0.39 is 0 Å². The average Bonchev–Trinajstić information content (AvgIpc) is 2.70. The lowest BCUT2D eigenvalue weighted by Gasteiger charge is -2.45. The molecule has 4 unspecified atom stereocenters. The lowest BCUT2D eigenvalue weighted by molar-refractivity contribution is -0.141. The summed E-state index contributed by atoms with van der Waals surface area (Å²) in [5, 5.41) is 0. The molecule has 4 atom stereocenters. The molecule has 2 N–H and O–H groups in total. The minimum atomic E-state index is 0.292. The summed E-state index contributed by atoms with van der Waals surface area (Å²) in [5.41, 5.74) is 6.43. The molecule has 4 saturated carbocycles. The zero-order valence-electron chi connectivity index (χ0n) is 14.3. The summed E-state index contributed by atoms with van der Waals surface area (Å²) in [7, 11) is 0. The Bertz CT molecular complexity index is 464. The Hall–Kier alpha value is -0.570. The first kappa shape index (κ1) is 14.7. The van der Waals surface area contributed by atoms with Gasteiger partial charge in [-0.25, -0.2) is 0 Å². The molecule has 1 amide bonds. The van der Waals surface area contributed by atoms with Crippen molar-refractivity contribution in [1.82, 2.24) is 4.90 Å². The molecule has 4 aliphatic carbocycles. The Morgan fingerprint density at radius 1 is 0.826 bits per heavy atom. The fourth-order valence-corrected chi connectivity index (χ4v) is 7.28. The van der Waals surface area contributed by atoms with Gasteiger partial charge in [0.2, 0.25) is 5.91 Å². The molecule has 2 heterocycles. The van der Waals surface area contributed by atoms with Gasteiger partial charge in [0.1, 0.15) is 0 Å². The van der Waals surface area contributed by atoms with E-state index in [1.807, 2.05) is 0 Å². The van der Waals surface area contributed by atoms with Gasteiger partial charge in [0.15, 0.2) is 0 Å². The number of nitrogens with two attached hydrogens (primary N) is 1. The molecule has 23 heavy (non-hydrogen) atoms. The van der Waals surface area contributed by atoms with E-state index in [1.165, 1.54) is 51.4 Å². The molecule has 6 bridgehead atoms. The summed E-state index contributed by atoms with van der Waals surface area (Å²) < 4.78 is 0. The van der Waals surface area contributed by atoms with Crippen LogP contribution in [0.15, 0.2) is 0 Å². The van der Waals surface area contributed by atoms with Gasteiger partial charge in [0, 0.05) is 24.5 Å². The number of carbonyl (C=O) groups excluding carboxylic acids is 1. The van der Waals surface area contributed by atoms with Crippen molar-refractivity contribution in [2.24, 2.45) is 41.2 Å². The number of hydrogen-bond donors (Lipinski definition) is 1. The summed E-state index contributed by atoms with van der Waals surface area (Å²) in [6.45, 7) is 1.08. The van der Waals surface area contributed by atoms with Gasteiger partial charge in [-0.2, -0.15) is 0 Å². The van der Waals surface area contributed by atoms with Crippen LogP contribution in [0.25, 0.3) is 0 Å². The van der Waals surface area contributed by atoms with Crippen molar-refractivity contribution < 1.29 is 4.79 Å². The summed E-state index contributed by atoms with van der Waals surface area (Å²) in [4.78, 5) is 15.8. The van der Waals surface area contributed by atoms with Gasteiger partial charge < -0.3 is 10.6 Å². The lowest BCUT2D eigenvalue weighted by Crippen LogP contribution is -2.51. The first-order chi connectivity index (χ1) is 11.2. The molecule has 3 heteroatoms. The number of amides is 1. The van der Waals surface area contributed by atoms with Gasteiger partial charge >= 0.3 is 0 Å². The van der Waals surface area contributed by atoms with E-state index in [-0.39, 0.29) is 0 Å². The van der Waals surface area contributed by atoms with Crippen LogP contribution in [0.4, 0.5) is 0 Å². The normalized spacial score (nSPS) is 51.6. The topological polar surface area (TPSA) is 46.3 Å². The molecule has 6 fully saturated rings. The highest BCUT2D eigenvalue weighted by Gasteiger charge is 2.47. The Morgan fingerprint density at radius 3 is 2.09 bits per heavy atom. The molecule has 3 nitrogen and oxygen atoms in total. The van der Waals surface area contributed by atoms with Crippen molar-refractivity contribution in [3.8, 4) is 0 Å². The van der Waals surface area contributed by atoms with E-state index in [2.05, 4.69) is 4.90 Å². The smallest absolute Gasteiger partial charge is 0.225 e. The molecular formula is C20H32N2O. The summed E-state index contributed by atoms with van der Waals surface area (Å²) in [5.74, 6) is 4.71. The fraction of sp³-hybridized carbons (Fsp3) is 0.950. The molecule has 2 aliphatic heterocycles. The fourth-order valence-electron chi connectivity index (χ4n) is 7.28. The van der Waals surface area contributed by atoms with E-state index >= 15 is 0 Å². The zero-order chi connectivity index (χ0) is 15.6. The number of rotatable bonds is 1. The number of nitrogens with zero attached hydrogens (tertiary/aromatic N) is 1. The third-order valence-corrected chi connectivity index (χ3v) is 8.15. The Kier molecular flexibility index (Phi) is 3.51. The van der Waals surface area contributed by atoms with E-state index in [0.29, 0.717) is 35.7 Å². The third-order valence-electron chi connectivity index (χ3n) is 8.15. The van der Waals surface area contributed by atoms with Crippen LogP contribution in [0.5, 0.6) is 0 Å². The maximum atomic E-state index is 13.4. The van der Waals surface area contributed by atoms with Gasteiger partial charge in [-0.15, -0.1) is 0 Å². The molecule has 0 aromatic rings. The van der Waals surface area contributed by atoms with E-state index in [4.69, 9.17) is 5.73 Å². The first-order valence-electron chi connectivity index (χ1n) is 10.2. The van der Waals surface area contributed by atoms with Gasteiger partial charge in [0.25, 0.3) is 0 Å². The largest absolute Gasteiger partial charge is 0.339 e. The highest BCUT2D eigenvalue weighted by Crippen LogP contribution is 2.49. The second kappa shape index (κ2) is 5.47. The SMILES string of the molecule is NC1C2CCCC1CC(C(=O)N1CC3CC4CC(C3)CC1C4)C2. The number of carbonyl (C=O) groups is 1. The van der Waals surface area contributed by atoms with Crippen molar-refractivity contribution in [2.75, 3.05) is 6.54 Å². The minimum Gasteiger partial charge on any atom is -0.339 e. The zero-order valence-corrected chi connectivity index (χ0v) is 14.3. The van der Waals surface area contributed by atoms with Crippen LogP contribution in [0.2, 0.25) is 0 Å². The molecule has 0 spiro atoms. The van der Waals surface area contributed by atoms with Gasteiger partial charge in [-0.05, 0) is 87.4 Å². The van der Waals surface area contributed by atoms with Crippen LogP contribution in [0, 0.1) is 35.5 Å². The number of hydrogen-bond acceptors (Lipinski definition) is 2. The molecule has 0 radical (unpaired) electrons. The average molecular weight is 316 g/mol. The highest BCUT2D eigenvalue weighted by atomic mass is 16.2. The van der Waals surface area contributed by atoms with Crippen molar-refractivity contribution in [1.29, 1.82) is 0 Å². The van der Waals surface area contributed by atoms with Gasteiger partial charge in [0.05, 0.1) is 0 Å². The van der Waals surface area contributed by atoms with Crippen LogP contribution in [-0.2, 0) is 4.79 Å². The van der Waals surface area contributed by atoms with Crippen molar-refractivity contribution in [3.63, 3.8) is 0 Å². The van der Waals surface area contributed by atoms with Crippen LogP contribution in [-0.4, -0.2) is 29.4 Å². The van der Waals surface area contributed by atoms with Crippen LogP contribution >= 0.6 is 0 Å². The molecule has 0 aromatic heterocycles. The highest BCUT2D eigenvalue weighted by molar-refractivity contribution is 5.79. The van der Waals surface area contributed by atoms with Crippen LogP contribution in [0.1, 0.15) is 64.2 Å². The monoisotopic (exact) mass is 316 g/mol. The van der Waals surface area contributed by atoms with Crippen LogP contribution in [0.3, 0.4) is 0 Å². The Labute approximate surface area is 140 Å². The van der Waals surface area contributed by atoms with Crippen molar-refractivity contribution in [3.05, 3.63) is 0 Å². The first-order valence-corrected chi connectivity index (χ1v) is 10.2. The quantitative estimate of drug-likeness (QED) is 0.807. The second-order valence-electron chi connectivity index (χ2n) is 9.62. The molecule has 6 aliphatic rings. The maximum absolute atomic E-state index is 13.4. The third kappa shape index (κ3) is 2.45. The lowest BCUT2D eigenvalue weighted by atomic mass is 9.64. The molecule has 0 aromatic carbocycles. The molecule has 128 valence electrons. The summed E-state index contributed by atoms with van der Waals surface area (Å²) >= 11 is 0. The van der Waals surface area contributed by atoms with E-state index in [0.717, 1.165) is 37.1 Å². The Balaban J connectivity index is 1.34. The molecular weight excluding hydrogens is 284 g/mol. The number of fused-ring (bicyclic) bond motifs is 3. The predicted octanol–water partition coefficient (Wildman–Crippen LogP) is 3.18. The maximum Gasteiger partial charge on any atom is 0.225 e. The summed E-state index contributed by atoms with van der Waals surface area (Å²) in [6, 6.07) is 0.956. The van der Waals surface area contributed by atoms with Gasteiger partial charge in [-0.3, -0.25) is 4.79 Å². The van der Waals surface area contributed by atoms with Crippen molar-refractivity contribution in [2.45, 2.75) is 76.3 Å². The van der Waals surface area contributed by atoms with E-state index in [9.17, 15) is 4.79 Å². The Morgan fingerprint density at radius 2 is 1.43 bits per heavy atom. The standard InChI is InChI=1S/C20H32N2O/c21-19-15-2-1-3-16(19)10-17(9-15)20(23)22-11-14-5-12-4-13(6-14)8-18(22)7-12/h12-19H,1-11,21H2. The minimum absolute atomic E-state index is 0.292. The summed E-state index contributed by atoms with van der Waals surface area (Å²) in [6.07, 6.45) is 12.9.